The number of halogens is 1. The van der Waals surface area contributed by atoms with Gasteiger partial charge in [-0.2, -0.15) is 0 Å². The van der Waals surface area contributed by atoms with Crippen molar-refractivity contribution in [3.8, 4) is 0 Å². The van der Waals surface area contributed by atoms with E-state index in [4.69, 9.17) is 0 Å². The summed E-state index contributed by atoms with van der Waals surface area (Å²) in [6.07, 6.45) is 1.83. The van der Waals surface area contributed by atoms with E-state index in [0.717, 1.165) is 31.7 Å². The predicted molar refractivity (Wildman–Crippen MR) is 130 cm³/mol. The van der Waals surface area contributed by atoms with Gasteiger partial charge in [-0.1, -0.05) is 38.1 Å². The van der Waals surface area contributed by atoms with E-state index in [1.54, 1.807) is 0 Å². The second-order valence-electron chi connectivity index (χ2n) is 6.94. The monoisotopic (exact) mass is 524 g/mol. The molecule has 8 heteroatoms. The minimum atomic E-state index is -2.94. The Bertz CT molecular complexity index is 674. The lowest BCUT2D eigenvalue weighted by molar-refractivity contribution is 0.296. The van der Waals surface area contributed by atoms with E-state index in [1.807, 2.05) is 13.8 Å². The molecule has 0 amide bonds. The normalized spacial score (nSPS) is 13.1. The Hall–Kier alpha value is -0.870. The van der Waals surface area contributed by atoms with Gasteiger partial charge in [-0.05, 0) is 44.5 Å². The van der Waals surface area contributed by atoms with Crippen LogP contribution in [0.1, 0.15) is 45.2 Å². The van der Waals surface area contributed by atoms with Gasteiger partial charge in [-0.15, -0.1) is 24.0 Å². The van der Waals surface area contributed by atoms with Gasteiger partial charge in [0.05, 0.1) is 12.3 Å². The Balaban J connectivity index is 0.00000729. The first-order valence-electron chi connectivity index (χ1n) is 9.80. The molecule has 0 aromatic heterocycles. The summed E-state index contributed by atoms with van der Waals surface area (Å²) in [5.41, 5.74) is 2.46. The number of sulfone groups is 1. The highest BCUT2D eigenvalue weighted by Crippen LogP contribution is 2.08. The van der Waals surface area contributed by atoms with Crippen molar-refractivity contribution >= 4 is 39.8 Å². The van der Waals surface area contributed by atoms with E-state index in [2.05, 4.69) is 58.6 Å². The van der Waals surface area contributed by atoms with Crippen molar-refractivity contribution in [1.29, 1.82) is 0 Å². The molecular formula is C20H37IN4O2S. The van der Waals surface area contributed by atoms with E-state index in [1.165, 1.54) is 11.8 Å². The molecule has 0 heterocycles. The zero-order valence-corrected chi connectivity index (χ0v) is 21.0. The molecule has 0 radical (unpaired) electrons. The van der Waals surface area contributed by atoms with Gasteiger partial charge in [0.2, 0.25) is 0 Å². The molecule has 0 saturated heterocycles. The molecule has 1 unspecified atom stereocenters. The van der Waals surface area contributed by atoms with Gasteiger partial charge < -0.3 is 10.6 Å². The zero-order chi connectivity index (χ0) is 20.3. The highest BCUT2D eigenvalue weighted by Gasteiger charge is 2.09. The summed E-state index contributed by atoms with van der Waals surface area (Å²) in [6.45, 7) is 12.8. The van der Waals surface area contributed by atoms with E-state index in [9.17, 15) is 8.42 Å². The van der Waals surface area contributed by atoms with E-state index in [0.29, 0.717) is 18.9 Å². The fourth-order valence-electron chi connectivity index (χ4n) is 2.64. The Morgan fingerprint density at radius 2 is 1.68 bits per heavy atom. The molecule has 0 aliphatic heterocycles. The molecule has 1 rings (SSSR count). The summed E-state index contributed by atoms with van der Waals surface area (Å²) in [5.74, 6) is 0.889. The largest absolute Gasteiger partial charge is 0.357 e. The number of nitrogens with one attached hydrogen (secondary N) is 2. The number of benzene rings is 1. The highest BCUT2D eigenvalue weighted by atomic mass is 127. The van der Waals surface area contributed by atoms with Gasteiger partial charge in [-0.3, -0.25) is 4.90 Å². The lowest BCUT2D eigenvalue weighted by Gasteiger charge is -2.18. The number of nitrogens with zero attached hydrogens (tertiary/aromatic N) is 2. The average molecular weight is 525 g/mol. The molecule has 1 aromatic rings. The van der Waals surface area contributed by atoms with Gasteiger partial charge >= 0.3 is 0 Å². The smallest absolute Gasteiger partial charge is 0.191 e. The third-order valence-electron chi connectivity index (χ3n) is 4.39. The van der Waals surface area contributed by atoms with Crippen molar-refractivity contribution in [2.24, 2.45) is 4.99 Å². The van der Waals surface area contributed by atoms with Crippen LogP contribution in [-0.4, -0.2) is 57.0 Å². The maximum atomic E-state index is 11.3. The van der Waals surface area contributed by atoms with E-state index in [-0.39, 0.29) is 35.8 Å². The fourth-order valence-corrected chi connectivity index (χ4v) is 3.42. The molecule has 0 saturated carbocycles. The van der Waals surface area contributed by atoms with Gasteiger partial charge in [0.1, 0.15) is 9.84 Å². The Morgan fingerprint density at radius 1 is 1.11 bits per heavy atom. The first-order chi connectivity index (χ1) is 12.8. The lowest BCUT2D eigenvalue weighted by Crippen LogP contribution is -2.42. The van der Waals surface area contributed by atoms with E-state index < -0.39 is 9.84 Å². The Labute approximate surface area is 188 Å². The van der Waals surface area contributed by atoms with Gasteiger partial charge in [0.25, 0.3) is 0 Å². The summed E-state index contributed by atoms with van der Waals surface area (Å²) < 4.78 is 22.6. The topological polar surface area (TPSA) is 73.8 Å². The summed E-state index contributed by atoms with van der Waals surface area (Å²) in [4.78, 5) is 7.01. The molecule has 0 aliphatic carbocycles. The predicted octanol–water partition coefficient (Wildman–Crippen LogP) is 3.02. The number of guanidine groups is 1. The van der Waals surface area contributed by atoms with Crippen LogP contribution in [0.15, 0.2) is 29.3 Å². The minimum Gasteiger partial charge on any atom is -0.357 e. The fraction of sp³-hybridized carbons (Fsp3) is 0.650. The van der Waals surface area contributed by atoms with Crippen LogP contribution in [-0.2, 0) is 22.9 Å². The molecule has 2 N–H and O–H groups in total. The van der Waals surface area contributed by atoms with Gasteiger partial charge in [-0.25, -0.2) is 13.4 Å². The zero-order valence-electron chi connectivity index (χ0n) is 17.9. The molecular weight excluding hydrogens is 487 g/mol. The van der Waals surface area contributed by atoms with Crippen LogP contribution < -0.4 is 10.6 Å². The van der Waals surface area contributed by atoms with Crippen molar-refractivity contribution < 1.29 is 8.42 Å². The van der Waals surface area contributed by atoms with Crippen molar-refractivity contribution in [2.45, 2.75) is 53.2 Å². The number of rotatable bonds is 11. The lowest BCUT2D eigenvalue weighted by atomic mass is 10.1. The second-order valence-corrected chi connectivity index (χ2v) is 9.20. The number of hydrogen-bond acceptors (Lipinski definition) is 4. The maximum Gasteiger partial charge on any atom is 0.191 e. The first-order valence-corrected chi connectivity index (χ1v) is 11.9. The van der Waals surface area contributed by atoms with Crippen molar-refractivity contribution in [3.05, 3.63) is 35.4 Å². The van der Waals surface area contributed by atoms with Crippen LogP contribution in [0.4, 0.5) is 0 Å². The Morgan fingerprint density at radius 3 is 2.18 bits per heavy atom. The summed E-state index contributed by atoms with van der Waals surface area (Å²) in [5, 5.41) is 6.50. The standard InChI is InChI=1S/C20H36N4O2S.HI/c1-6-21-20(23-17(4)13-14-27(5,25)26)22-15-18-9-11-19(12-10-18)16-24(7-2)8-3;/h9-12,17H,6-8,13-16H2,1-5H3,(H2,21,22,23);1H. The molecule has 28 heavy (non-hydrogen) atoms. The van der Waals surface area contributed by atoms with Gasteiger partial charge in [0.15, 0.2) is 5.96 Å². The minimum absolute atomic E-state index is 0. The van der Waals surface area contributed by atoms with Crippen molar-refractivity contribution in [2.75, 3.05) is 31.6 Å². The van der Waals surface area contributed by atoms with Crippen LogP contribution in [0.5, 0.6) is 0 Å². The van der Waals surface area contributed by atoms with Crippen LogP contribution >= 0.6 is 24.0 Å². The number of aliphatic imine (C=N–C) groups is 1. The molecule has 6 nitrogen and oxygen atoms in total. The maximum absolute atomic E-state index is 11.3. The quantitative estimate of drug-likeness (QED) is 0.265. The third-order valence-corrected chi connectivity index (χ3v) is 5.37. The van der Waals surface area contributed by atoms with Crippen molar-refractivity contribution in [1.82, 2.24) is 15.5 Å². The average Bonchev–Trinajstić information content (AvgIpc) is 2.63. The molecule has 0 fully saturated rings. The van der Waals surface area contributed by atoms with Crippen molar-refractivity contribution in [3.63, 3.8) is 0 Å². The SMILES string of the molecule is CCNC(=NCc1ccc(CN(CC)CC)cc1)NC(C)CCS(C)(=O)=O.I. The molecule has 0 spiro atoms. The van der Waals surface area contributed by atoms with Crippen LogP contribution in [0.25, 0.3) is 0 Å². The second kappa shape index (κ2) is 14.2. The Kier molecular flexibility index (Phi) is 13.7. The summed E-state index contributed by atoms with van der Waals surface area (Å²) in [7, 11) is -2.94. The van der Waals surface area contributed by atoms with E-state index >= 15 is 0 Å². The highest BCUT2D eigenvalue weighted by molar-refractivity contribution is 14.0. The van der Waals surface area contributed by atoms with Crippen LogP contribution in [0.3, 0.4) is 0 Å². The first kappa shape index (κ1) is 27.1. The number of hydrogen-bond donors (Lipinski definition) is 2. The molecule has 1 aromatic carbocycles. The summed E-state index contributed by atoms with van der Waals surface area (Å²) >= 11 is 0. The summed E-state index contributed by atoms with van der Waals surface area (Å²) in [6, 6.07) is 8.61. The van der Waals surface area contributed by atoms with Crippen LogP contribution in [0, 0.1) is 0 Å². The molecule has 1 atom stereocenters. The van der Waals surface area contributed by atoms with Crippen LogP contribution in [0.2, 0.25) is 0 Å². The van der Waals surface area contributed by atoms with Gasteiger partial charge in [0, 0.05) is 25.4 Å². The molecule has 0 bridgehead atoms. The third kappa shape index (κ3) is 11.9. The molecule has 0 aliphatic rings. The molecule has 162 valence electrons.